The minimum absolute atomic E-state index is 0.239. The van der Waals surface area contributed by atoms with Crippen molar-refractivity contribution in [2.75, 3.05) is 40.4 Å². The number of hydrogen-bond donors (Lipinski definition) is 0. The summed E-state index contributed by atoms with van der Waals surface area (Å²) in [6.07, 6.45) is 5.86. The van der Waals surface area contributed by atoms with Crippen LogP contribution in [0.4, 0.5) is 0 Å². The fraction of sp³-hybridized carbons (Fsp3) is 0.929. The molecule has 1 saturated heterocycles. The van der Waals surface area contributed by atoms with Crippen LogP contribution in [0, 0.1) is 5.92 Å². The third-order valence-corrected chi connectivity index (χ3v) is 4.06. The maximum Gasteiger partial charge on any atom is 0.223 e. The first-order valence-corrected chi connectivity index (χ1v) is 7.18. The van der Waals surface area contributed by atoms with Crippen molar-refractivity contribution in [3.05, 3.63) is 0 Å². The number of amides is 1. The summed E-state index contributed by atoms with van der Waals surface area (Å²) in [4.78, 5) is 16.6. The van der Waals surface area contributed by atoms with E-state index in [9.17, 15) is 4.79 Å². The highest BCUT2D eigenvalue weighted by Crippen LogP contribution is 2.28. The molecule has 0 N–H and O–H groups in total. The third kappa shape index (κ3) is 3.69. The van der Waals surface area contributed by atoms with E-state index >= 15 is 0 Å². The second-order valence-electron chi connectivity index (χ2n) is 5.93. The van der Waals surface area contributed by atoms with Crippen LogP contribution in [0.2, 0.25) is 0 Å². The number of morpholine rings is 1. The lowest BCUT2D eigenvalue weighted by Gasteiger charge is -2.37. The normalized spacial score (nSPS) is 25.9. The number of nitrogens with zero attached hydrogens (tertiary/aromatic N) is 2. The average Bonchev–Trinajstić information content (AvgIpc) is 2.81. The van der Waals surface area contributed by atoms with Gasteiger partial charge in [-0.3, -0.25) is 4.79 Å². The Balaban J connectivity index is 1.88. The number of likely N-dealkylation sites (N-methyl/N-ethyl adjacent to an activating group) is 1. The Bertz CT molecular complexity index is 275. The van der Waals surface area contributed by atoms with E-state index in [1.807, 2.05) is 14.1 Å². The van der Waals surface area contributed by atoms with Crippen molar-refractivity contribution in [1.82, 2.24) is 9.80 Å². The third-order valence-electron chi connectivity index (χ3n) is 4.06. The summed E-state index contributed by atoms with van der Waals surface area (Å²) in [6, 6.07) is 0.239. The van der Waals surface area contributed by atoms with Crippen LogP contribution >= 0.6 is 0 Å². The number of carbonyl (C=O) groups is 1. The predicted molar refractivity (Wildman–Crippen MR) is 71.4 cm³/mol. The monoisotopic (exact) mass is 254 g/mol. The van der Waals surface area contributed by atoms with Gasteiger partial charge in [0.2, 0.25) is 5.91 Å². The molecule has 1 unspecified atom stereocenters. The molecule has 1 atom stereocenters. The minimum atomic E-state index is 0.239. The van der Waals surface area contributed by atoms with Crippen molar-refractivity contribution in [1.29, 1.82) is 0 Å². The van der Waals surface area contributed by atoms with Gasteiger partial charge in [-0.1, -0.05) is 12.8 Å². The van der Waals surface area contributed by atoms with Gasteiger partial charge in [0.1, 0.15) is 0 Å². The standard InChI is InChI=1S/C14H26N2O2/c1-15(2)10-13-11-18-8-7-16(13)14(17)9-12-5-3-4-6-12/h12-13H,3-11H2,1-2H3. The van der Waals surface area contributed by atoms with Gasteiger partial charge >= 0.3 is 0 Å². The molecule has 0 aromatic rings. The van der Waals surface area contributed by atoms with Gasteiger partial charge in [-0.25, -0.2) is 0 Å². The maximum absolute atomic E-state index is 12.4. The van der Waals surface area contributed by atoms with Gasteiger partial charge in [0.25, 0.3) is 0 Å². The van der Waals surface area contributed by atoms with Crippen LogP contribution in [0.5, 0.6) is 0 Å². The zero-order chi connectivity index (χ0) is 13.0. The quantitative estimate of drug-likeness (QED) is 0.759. The minimum Gasteiger partial charge on any atom is -0.377 e. The first-order valence-electron chi connectivity index (χ1n) is 7.18. The van der Waals surface area contributed by atoms with E-state index in [1.54, 1.807) is 0 Å². The van der Waals surface area contributed by atoms with Crippen LogP contribution in [-0.2, 0) is 9.53 Å². The number of rotatable bonds is 4. The smallest absolute Gasteiger partial charge is 0.223 e. The molecule has 0 spiro atoms. The van der Waals surface area contributed by atoms with Gasteiger partial charge in [0, 0.05) is 19.5 Å². The van der Waals surface area contributed by atoms with E-state index in [0.29, 0.717) is 25.0 Å². The molecular formula is C14H26N2O2. The van der Waals surface area contributed by atoms with E-state index in [-0.39, 0.29) is 6.04 Å². The molecule has 1 aliphatic carbocycles. The van der Waals surface area contributed by atoms with Gasteiger partial charge < -0.3 is 14.5 Å². The van der Waals surface area contributed by atoms with Crippen molar-refractivity contribution in [2.24, 2.45) is 5.92 Å². The highest BCUT2D eigenvalue weighted by atomic mass is 16.5. The van der Waals surface area contributed by atoms with E-state index in [2.05, 4.69) is 9.80 Å². The highest BCUT2D eigenvalue weighted by Gasteiger charge is 2.29. The van der Waals surface area contributed by atoms with E-state index < -0.39 is 0 Å². The lowest BCUT2D eigenvalue weighted by atomic mass is 10.0. The van der Waals surface area contributed by atoms with Gasteiger partial charge in [-0.15, -0.1) is 0 Å². The maximum atomic E-state index is 12.4. The largest absolute Gasteiger partial charge is 0.377 e. The van der Waals surface area contributed by atoms with Gasteiger partial charge in [-0.05, 0) is 32.9 Å². The zero-order valence-corrected chi connectivity index (χ0v) is 11.7. The van der Waals surface area contributed by atoms with Crippen LogP contribution in [-0.4, -0.2) is 62.1 Å². The Morgan fingerprint density at radius 2 is 2.06 bits per heavy atom. The fourth-order valence-electron chi connectivity index (χ4n) is 3.13. The molecule has 2 fully saturated rings. The summed E-state index contributed by atoms with van der Waals surface area (Å²) in [6.45, 7) is 3.05. The zero-order valence-electron chi connectivity index (χ0n) is 11.7. The molecule has 1 heterocycles. The Morgan fingerprint density at radius 3 is 2.72 bits per heavy atom. The summed E-state index contributed by atoms with van der Waals surface area (Å²) >= 11 is 0. The molecule has 0 bridgehead atoms. The van der Waals surface area contributed by atoms with Gasteiger partial charge in [0.05, 0.1) is 19.3 Å². The van der Waals surface area contributed by atoms with Crippen LogP contribution < -0.4 is 0 Å². The van der Waals surface area contributed by atoms with Crippen LogP contribution in [0.25, 0.3) is 0 Å². The SMILES string of the molecule is CN(C)CC1COCCN1C(=O)CC1CCCC1. The summed E-state index contributed by atoms with van der Waals surface area (Å²) in [5, 5.41) is 0. The van der Waals surface area contributed by atoms with E-state index in [1.165, 1.54) is 25.7 Å². The molecule has 4 nitrogen and oxygen atoms in total. The van der Waals surface area contributed by atoms with Crippen molar-refractivity contribution < 1.29 is 9.53 Å². The van der Waals surface area contributed by atoms with Gasteiger partial charge in [0.15, 0.2) is 0 Å². The second-order valence-corrected chi connectivity index (χ2v) is 5.93. The topological polar surface area (TPSA) is 32.8 Å². The molecule has 2 aliphatic rings. The van der Waals surface area contributed by atoms with Crippen molar-refractivity contribution >= 4 is 5.91 Å². The van der Waals surface area contributed by atoms with E-state index in [0.717, 1.165) is 19.5 Å². The van der Waals surface area contributed by atoms with Crippen molar-refractivity contribution in [2.45, 2.75) is 38.1 Å². The highest BCUT2D eigenvalue weighted by molar-refractivity contribution is 5.77. The lowest BCUT2D eigenvalue weighted by Crippen LogP contribution is -2.52. The van der Waals surface area contributed by atoms with Gasteiger partial charge in [-0.2, -0.15) is 0 Å². The van der Waals surface area contributed by atoms with Crippen LogP contribution in [0.15, 0.2) is 0 Å². The molecule has 0 aromatic carbocycles. The Morgan fingerprint density at radius 1 is 1.33 bits per heavy atom. The average molecular weight is 254 g/mol. The Kier molecular flexibility index (Phi) is 5.01. The molecule has 1 saturated carbocycles. The summed E-state index contributed by atoms with van der Waals surface area (Å²) in [5.74, 6) is 0.984. The predicted octanol–water partition coefficient (Wildman–Crippen LogP) is 1.36. The number of hydrogen-bond acceptors (Lipinski definition) is 3. The lowest BCUT2D eigenvalue weighted by molar-refractivity contribution is -0.141. The molecule has 104 valence electrons. The van der Waals surface area contributed by atoms with Crippen LogP contribution in [0.1, 0.15) is 32.1 Å². The number of ether oxygens (including phenoxy) is 1. The second kappa shape index (κ2) is 6.53. The van der Waals surface area contributed by atoms with Crippen LogP contribution in [0.3, 0.4) is 0 Å². The molecule has 1 aliphatic heterocycles. The molecule has 0 radical (unpaired) electrons. The summed E-state index contributed by atoms with van der Waals surface area (Å²) < 4.78 is 5.51. The first kappa shape index (κ1) is 13.8. The molecule has 2 rings (SSSR count). The Hall–Kier alpha value is -0.610. The molecule has 18 heavy (non-hydrogen) atoms. The summed E-state index contributed by atoms with van der Waals surface area (Å²) in [7, 11) is 4.10. The molecule has 1 amide bonds. The Labute approximate surface area is 110 Å². The molecular weight excluding hydrogens is 228 g/mol. The molecule has 0 aromatic heterocycles. The first-order chi connectivity index (χ1) is 8.66. The van der Waals surface area contributed by atoms with Crippen molar-refractivity contribution in [3.8, 4) is 0 Å². The number of carbonyl (C=O) groups excluding carboxylic acids is 1. The van der Waals surface area contributed by atoms with E-state index in [4.69, 9.17) is 4.74 Å². The van der Waals surface area contributed by atoms with Crippen molar-refractivity contribution in [3.63, 3.8) is 0 Å². The summed E-state index contributed by atoms with van der Waals surface area (Å²) in [5.41, 5.74) is 0. The molecule has 4 heteroatoms. The fourth-order valence-corrected chi connectivity index (χ4v) is 3.13.